The van der Waals surface area contributed by atoms with Crippen LogP contribution in [0.15, 0.2) is 41.9 Å². The van der Waals surface area contributed by atoms with Crippen LogP contribution in [0.2, 0.25) is 0 Å². The van der Waals surface area contributed by atoms with Gasteiger partial charge in [-0.3, -0.25) is 4.90 Å². The highest BCUT2D eigenvalue weighted by Crippen LogP contribution is 2.15. The van der Waals surface area contributed by atoms with Gasteiger partial charge in [0, 0.05) is 44.6 Å². The predicted molar refractivity (Wildman–Crippen MR) is 124 cm³/mol. The van der Waals surface area contributed by atoms with E-state index in [0.717, 1.165) is 50.9 Å². The maximum absolute atomic E-state index is 14.4. The largest absolute Gasteiger partial charge is 0.379 e. The number of halogens is 2. The Bertz CT molecular complexity index is 764. The summed E-state index contributed by atoms with van der Waals surface area (Å²) >= 11 is 0. The molecule has 0 saturated carbocycles. The third kappa shape index (κ3) is 6.93. The lowest BCUT2D eigenvalue weighted by Crippen LogP contribution is -2.49. The van der Waals surface area contributed by atoms with Crippen LogP contribution in [0.3, 0.4) is 0 Å². The summed E-state index contributed by atoms with van der Waals surface area (Å²) in [5, 5.41) is 6.64. The Kier molecular flexibility index (Phi) is 9.82. The van der Waals surface area contributed by atoms with E-state index < -0.39 is 0 Å². The molecule has 3 rings (SSSR count). The molecule has 7 nitrogen and oxygen atoms in total. The van der Waals surface area contributed by atoms with Crippen molar-refractivity contribution in [2.45, 2.75) is 26.4 Å². The van der Waals surface area contributed by atoms with Gasteiger partial charge in [0.2, 0.25) is 0 Å². The van der Waals surface area contributed by atoms with E-state index in [1.54, 1.807) is 29.4 Å². The van der Waals surface area contributed by atoms with Gasteiger partial charge in [0.25, 0.3) is 0 Å². The molecule has 2 N–H and O–H groups in total. The molecule has 1 fully saturated rings. The molecule has 29 heavy (non-hydrogen) atoms. The van der Waals surface area contributed by atoms with Crippen molar-refractivity contribution >= 4 is 29.9 Å². The van der Waals surface area contributed by atoms with E-state index in [9.17, 15) is 4.39 Å². The molecule has 1 aromatic heterocycles. The van der Waals surface area contributed by atoms with Crippen molar-refractivity contribution < 1.29 is 9.13 Å². The van der Waals surface area contributed by atoms with Crippen LogP contribution in [-0.4, -0.2) is 65.8 Å². The number of nitrogens with one attached hydrogen (secondary N) is 2. The van der Waals surface area contributed by atoms with Crippen molar-refractivity contribution in [2.24, 2.45) is 4.99 Å². The van der Waals surface area contributed by atoms with E-state index in [4.69, 9.17) is 4.74 Å². The summed E-state index contributed by atoms with van der Waals surface area (Å²) < 4.78 is 21.5. The molecule has 2 aromatic rings. The van der Waals surface area contributed by atoms with Gasteiger partial charge < -0.3 is 19.9 Å². The molecule has 0 amide bonds. The van der Waals surface area contributed by atoms with Gasteiger partial charge >= 0.3 is 0 Å². The number of morpholine rings is 1. The second-order valence-corrected chi connectivity index (χ2v) is 6.83. The smallest absolute Gasteiger partial charge is 0.191 e. The molecule has 1 unspecified atom stereocenters. The Balaban J connectivity index is 0.00000300. The maximum atomic E-state index is 14.4. The van der Waals surface area contributed by atoms with Gasteiger partial charge in [-0.05, 0) is 31.5 Å². The number of aromatic nitrogens is 2. The van der Waals surface area contributed by atoms with E-state index in [1.165, 1.54) is 6.07 Å². The average molecular weight is 516 g/mol. The Morgan fingerprint density at radius 1 is 1.31 bits per heavy atom. The number of hydrogen-bond donors (Lipinski definition) is 2. The number of guanidine groups is 1. The van der Waals surface area contributed by atoms with Crippen molar-refractivity contribution in [3.8, 4) is 5.69 Å². The van der Waals surface area contributed by atoms with Crippen LogP contribution in [0.25, 0.3) is 5.69 Å². The number of nitrogens with zero attached hydrogens (tertiary/aromatic N) is 4. The molecule has 1 aromatic carbocycles. The van der Waals surface area contributed by atoms with Gasteiger partial charge in [-0.25, -0.2) is 14.4 Å². The molecule has 2 heterocycles. The molecule has 9 heteroatoms. The summed E-state index contributed by atoms with van der Waals surface area (Å²) in [6.07, 6.45) is 4.93. The monoisotopic (exact) mass is 516 g/mol. The van der Waals surface area contributed by atoms with Crippen LogP contribution >= 0.6 is 24.0 Å². The Hall–Kier alpha value is -1.72. The van der Waals surface area contributed by atoms with E-state index >= 15 is 0 Å². The standard InChI is InChI=1S/C20H29FN6O.HI/c1-3-23-20(24-13-16(2)26-8-10-28-11-9-26)25-14-17-4-5-19(18(21)12-17)27-7-6-22-15-27;/h4-7,12,15-16H,3,8-11,13-14H2,1-2H3,(H2,23,24,25);1H. The first-order chi connectivity index (χ1) is 13.7. The van der Waals surface area contributed by atoms with E-state index in [0.29, 0.717) is 18.3 Å². The van der Waals surface area contributed by atoms with Gasteiger partial charge in [0.05, 0.1) is 31.8 Å². The fourth-order valence-electron chi connectivity index (χ4n) is 3.16. The first-order valence-corrected chi connectivity index (χ1v) is 9.78. The average Bonchev–Trinajstić information content (AvgIpc) is 3.25. The summed E-state index contributed by atoms with van der Waals surface area (Å²) in [7, 11) is 0. The summed E-state index contributed by atoms with van der Waals surface area (Å²) in [5.41, 5.74) is 1.30. The molecule has 0 spiro atoms. The molecule has 1 aliphatic heterocycles. The van der Waals surface area contributed by atoms with Crippen LogP contribution in [0.5, 0.6) is 0 Å². The van der Waals surface area contributed by atoms with E-state index in [2.05, 4.69) is 32.4 Å². The predicted octanol–water partition coefficient (Wildman–Crippen LogP) is 2.41. The number of benzene rings is 1. The van der Waals surface area contributed by atoms with Crippen molar-refractivity contribution in [3.05, 3.63) is 48.3 Å². The highest BCUT2D eigenvalue weighted by molar-refractivity contribution is 14.0. The number of imidazole rings is 1. The summed E-state index contributed by atoms with van der Waals surface area (Å²) in [4.78, 5) is 11.0. The summed E-state index contributed by atoms with van der Waals surface area (Å²) in [6.45, 7) is 9.69. The minimum Gasteiger partial charge on any atom is -0.379 e. The number of hydrogen-bond acceptors (Lipinski definition) is 4. The first-order valence-electron chi connectivity index (χ1n) is 9.78. The summed E-state index contributed by atoms with van der Waals surface area (Å²) in [5.74, 6) is 0.450. The van der Waals surface area contributed by atoms with Crippen LogP contribution in [0, 0.1) is 5.82 Å². The molecule has 1 atom stereocenters. The van der Waals surface area contributed by atoms with E-state index in [1.807, 2.05) is 13.0 Å². The molecule has 0 bridgehead atoms. The molecule has 1 aliphatic rings. The lowest BCUT2D eigenvalue weighted by atomic mass is 10.2. The quantitative estimate of drug-likeness (QED) is 0.336. The number of rotatable bonds is 7. The lowest BCUT2D eigenvalue weighted by molar-refractivity contribution is 0.0211. The SMILES string of the molecule is CCNC(=NCc1ccc(-n2ccnc2)c(F)c1)NCC(C)N1CCOCC1.I. The zero-order chi connectivity index (χ0) is 19.8. The molecule has 160 valence electrons. The van der Waals surface area contributed by atoms with Gasteiger partial charge in [-0.2, -0.15) is 0 Å². The molecular formula is C20H30FIN6O. The van der Waals surface area contributed by atoms with Gasteiger partial charge in [-0.15, -0.1) is 24.0 Å². The molecular weight excluding hydrogens is 486 g/mol. The van der Waals surface area contributed by atoms with Crippen LogP contribution in [0.4, 0.5) is 4.39 Å². The lowest BCUT2D eigenvalue weighted by Gasteiger charge is -2.32. The van der Waals surface area contributed by atoms with Gasteiger partial charge in [0.1, 0.15) is 5.82 Å². The highest BCUT2D eigenvalue weighted by atomic mass is 127. The summed E-state index contributed by atoms with van der Waals surface area (Å²) in [6, 6.07) is 5.56. The highest BCUT2D eigenvalue weighted by Gasteiger charge is 2.17. The Morgan fingerprint density at radius 2 is 2.10 bits per heavy atom. The second kappa shape index (κ2) is 12.1. The van der Waals surface area contributed by atoms with E-state index in [-0.39, 0.29) is 29.8 Å². The zero-order valence-corrected chi connectivity index (χ0v) is 19.3. The minimum atomic E-state index is -0.287. The van der Waals surface area contributed by atoms with Crippen molar-refractivity contribution in [1.82, 2.24) is 25.1 Å². The second-order valence-electron chi connectivity index (χ2n) is 6.83. The molecule has 0 radical (unpaired) electrons. The normalized spacial score (nSPS) is 16.2. The third-order valence-electron chi connectivity index (χ3n) is 4.79. The van der Waals surface area contributed by atoms with Crippen LogP contribution in [0.1, 0.15) is 19.4 Å². The fourth-order valence-corrected chi connectivity index (χ4v) is 3.16. The van der Waals surface area contributed by atoms with Gasteiger partial charge in [0.15, 0.2) is 5.96 Å². The van der Waals surface area contributed by atoms with Crippen molar-refractivity contribution in [2.75, 3.05) is 39.4 Å². The Labute approximate surface area is 188 Å². The van der Waals surface area contributed by atoms with Crippen LogP contribution < -0.4 is 10.6 Å². The first kappa shape index (κ1) is 23.6. The van der Waals surface area contributed by atoms with Crippen LogP contribution in [-0.2, 0) is 11.3 Å². The van der Waals surface area contributed by atoms with Crippen molar-refractivity contribution in [3.63, 3.8) is 0 Å². The topological polar surface area (TPSA) is 66.7 Å². The van der Waals surface area contributed by atoms with Crippen molar-refractivity contribution in [1.29, 1.82) is 0 Å². The fraction of sp³-hybridized carbons (Fsp3) is 0.500. The zero-order valence-electron chi connectivity index (χ0n) is 17.0. The minimum absolute atomic E-state index is 0. The Morgan fingerprint density at radius 3 is 2.76 bits per heavy atom. The number of aliphatic imine (C=N–C) groups is 1. The third-order valence-corrected chi connectivity index (χ3v) is 4.79. The number of ether oxygens (including phenoxy) is 1. The van der Waals surface area contributed by atoms with Gasteiger partial charge in [-0.1, -0.05) is 6.07 Å². The molecule has 0 aliphatic carbocycles. The maximum Gasteiger partial charge on any atom is 0.191 e. The molecule has 1 saturated heterocycles.